The standard InChI is InChI=1S/C14H16N2S/c15-14(8-9-14)13-16-12(10-17-13)7-6-11-4-2-1-3-5-11/h1-5,10H,6-9,15H2. The van der Waals surface area contributed by atoms with Crippen molar-refractivity contribution in [1.29, 1.82) is 0 Å². The Labute approximate surface area is 106 Å². The molecule has 0 unspecified atom stereocenters. The number of benzene rings is 1. The Balaban J connectivity index is 1.64. The molecule has 0 amide bonds. The Kier molecular flexibility index (Phi) is 2.73. The number of aryl methyl sites for hydroxylation is 2. The zero-order chi connectivity index (χ0) is 11.7. The van der Waals surface area contributed by atoms with Crippen molar-refractivity contribution in [3.05, 3.63) is 52.0 Å². The predicted molar refractivity (Wildman–Crippen MR) is 71.1 cm³/mol. The molecule has 0 radical (unpaired) electrons. The molecule has 0 saturated heterocycles. The lowest BCUT2D eigenvalue weighted by atomic mass is 10.1. The number of hydrogen-bond donors (Lipinski definition) is 1. The van der Waals surface area contributed by atoms with Crippen LogP contribution in [0.2, 0.25) is 0 Å². The lowest BCUT2D eigenvalue weighted by Gasteiger charge is -2.02. The highest BCUT2D eigenvalue weighted by molar-refractivity contribution is 7.09. The zero-order valence-corrected chi connectivity index (χ0v) is 10.5. The second-order valence-electron chi connectivity index (χ2n) is 4.79. The second kappa shape index (κ2) is 4.24. The fourth-order valence-corrected chi connectivity index (χ4v) is 2.94. The summed E-state index contributed by atoms with van der Waals surface area (Å²) in [5.41, 5.74) is 8.62. The Morgan fingerprint density at radius 2 is 1.94 bits per heavy atom. The molecule has 1 aliphatic rings. The van der Waals surface area contributed by atoms with E-state index >= 15 is 0 Å². The van der Waals surface area contributed by atoms with Crippen LogP contribution in [0.1, 0.15) is 29.1 Å². The molecule has 1 fully saturated rings. The first-order chi connectivity index (χ1) is 8.26. The van der Waals surface area contributed by atoms with E-state index in [1.54, 1.807) is 11.3 Å². The van der Waals surface area contributed by atoms with Gasteiger partial charge in [-0.15, -0.1) is 11.3 Å². The van der Waals surface area contributed by atoms with Crippen molar-refractivity contribution in [3.8, 4) is 0 Å². The molecule has 1 aliphatic carbocycles. The summed E-state index contributed by atoms with van der Waals surface area (Å²) in [7, 11) is 0. The van der Waals surface area contributed by atoms with Gasteiger partial charge in [-0.1, -0.05) is 30.3 Å². The molecule has 3 rings (SSSR count). The Morgan fingerprint density at radius 1 is 1.18 bits per heavy atom. The molecule has 0 bridgehead atoms. The Bertz CT molecular complexity index is 500. The third kappa shape index (κ3) is 2.40. The summed E-state index contributed by atoms with van der Waals surface area (Å²) >= 11 is 1.72. The number of nitrogens with zero attached hydrogens (tertiary/aromatic N) is 1. The highest BCUT2D eigenvalue weighted by atomic mass is 32.1. The van der Waals surface area contributed by atoms with Crippen molar-refractivity contribution in [2.24, 2.45) is 5.73 Å². The number of aromatic nitrogens is 1. The van der Waals surface area contributed by atoms with Gasteiger partial charge < -0.3 is 5.73 Å². The van der Waals surface area contributed by atoms with E-state index in [9.17, 15) is 0 Å². The van der Waals surface area contributed by atoms with E-state index in [0.717, 1.165) is 30.7 Å². The first kappa shape index (κ1) is 10.9. The number of hydrogen-bond acceptors (Lipinski definition) is 3. The van der Waals surface area contributed by atoms with E-state index in [0.29, 0.717) is 0 Å². The predicted octanol–water partition coefficient (Wildman–Crippen LogP) is 2.88. The van der Waals surface area contributed by atoms with Crippen molar-refractivity contribution < 1.29 is 0 Å². The number of nitrogens with two attached hydrogens (primary N) is 1. The van der Waals surface area contributed by atoms with Gasteiger partial charge in [0.25, 0.3) is 0 Å². The van der Waals surface area contributed by atoms with Crippen LogP contribution in [-0.2, 0) is 18.4 Å². The van der Waals surface area contributed by atoms with Crippen molar-refractivity contribution in [3.63, 3.8) is 0 Å². The molecule has 0 spiro atoms. The zero-order valence-electron chi connectivity index (χ0n) is 9.73. The van der Waals surface area contributed by atoms with E-state index in [2.05, 4.69) is 40.7 Å². The van der Waals surface area contributed by atoms with Gasteiger partial charge in [0.1, 0.15) is 5.01 Å². The van der Waals surface area contributed by atoms with Gasteiger partial charge in [0, 0.05) is 5.38 Å². The van der Waals surface area contributed by atoms with Crippen LogP contribution in [0, 0.1) is 0 Å². The molecule has 88 valence electrons. The normalized spacial score (nSPS) is 17.0. The number of thiazole rings is 1. The maximum Gasteiger partial charge on any atom is 0.113 e. The first-order valence-corrected chi connectivity index (χ1v) is 6.92. The lowest BCUT2D eigenvalue weighted by Crippen LogP contribution is -2.18. The molecule has 3 heteroatoms. The van der Waals surface area contributed by atoms with Crippen LogP contribution in [0.4, 0.5) is 0 Å². The van der Waals surface area contributed by atoms with Gasteiger partial charge in [-0.3, -0.25) is 0 Å². The van der Waals surface area contributed by atoms with Gasteiger partial charge in [0.2, 0.25) is 0 Å². The average molecular weight is 244 g/mol. The van der Waals surface area contributed by atoms with Gasteiger partial charge in [-0.05, 0) is 31.2 Å². The lowest BCUT2D eigenvalue weighted by molar-refractivity contribution is 0.723. The van der Waals surface area contributed by atoms with Gasteiger partial charge in [-0.2, -0.15) is 0 Å². The molecule has 1 saturated carbocycles. The topological polar surface area (TPSA) is 38.9 Å². The summed E-state index contributed by atoms with van der Waals surface area (Å²) in [6.07, 6.45) is 4.26. The minimum Gasteiger partial charge on any atom is -0.319 e. The minimum absolute atomic E-state index is 0.0737. The van der Waals surface area contributed by atoms with Gasteiger partial charge in [0.05, 0.1) is 11.2 Å². The number of rotatable bonds is 4. The highest BCUT2D eigenvalue weighted by Crippen LogP contribution is 2.43. The SMILES string of the molecule is NC1(c2nc(CCc3ccccc3)cs2)CC1. The molecule has 1 aromatic carbocycles. The quantitative estimate of drug-likeness (QED) is 0.898. The third-order valence-corrected chi connectivity index (χ3v) is 4.39. The maximum absolute atomic E-state index is 6.14. The van der Waals surface area contributed by atoms with Crippen LogP contribution in [0.15, 0.2) is 35.7 Å². The van der Waals surface area contributed by atoms with E-state index in [4.69, 9.17) is 5.73 Å². The van der Waals surface area contributed by atoms with E-state index in [1.165, 1.54) is 11.3 Å². The van der Waals surface area contributed by atoms with Gasteiger partial charge in [-0.25, -0.2) is 4.98 Å². The van der Waals surface area contributed by atoms with Gasteiger partial charge in [0.15, 0.2) is 0 Å². The minimum atomic E-state index is -0.0737. The summed E-state index contributed by atoms with van der Waals surface area (Å²) in [4.78, 5) is 4.65. The first-order valence-electron chi connectivity index (χ1n) is 6.04. The molecular weight excluding hydrogens is 228 g/mol. The third-order valence-electron chi connectivity index (χ3n) is 3.28. The summed E-state index contributed by atoms with van der Waals surface area (Å²) in [6, 6.07) is 10.6. The fraction of sp³-hybridized carbons (Fsp3) is 0.357. The van der Waals surface area contributed by atoms with Crippen LogP contribution in [0.3, 0.4) is 0 Å². The second-order valence-corrected chi connectivity index (χ2v) is 5.64. The van der Waals surface area contributed by atoms with Crippen molar-refractivity contribution >= 4 is 11.3 Å². The summed E-state index contributed by atoms with van der Waals surface area (Å²) in [5.74, 6) is 0. The van der Waals surface area contributed by atoms with Crippen LogP contribution >= 0.6 is 11.3 Å². The Hall–Kier alpha value is -1.19. The Morgan fingerprint density at radius 3 is 2.65 bits per heavy atom. The molecule has 0 aliphatic heterocycles. The molecule has 17 heavy (non-hydrogen) atoms. The van der Waals surface area contributed by atoms with E-state index in [1.807, 2.05) is 0 Å². The molecule has 1 heterocycles. The van der Waals surface area contributed by atoms with Crippen LogP contribution in [0.25, 0.3) is 0 Å². The highest BCUT2D eigenvalue weighted by Gasteiger charge is 2.42. The molecule has 2 N–H and O–H groups in total. The van der Waals surface area contributed by atoms with E-state index < -0.39 is 0 Å². The van der Waals surface area contributed by atoms with Crippen LogP contribution in [0.5, 0.6) is 0 Å². The monoisotopic (exact) mass is 244 g/mol. The molecular formula is C14H16N2S. The van der Waals surface area contributed by atoms with Crippen LogP contribution in [-0.4, -0.2) is 4.98 Å². The molecule has 2 aromatic rings. The largest absolute Gasteiger partial charge is 0.319 e. The van der Waals surface area contributed by atoms with Crippen molar-refractivity contribution in [2.45, 2.75) is 31.2 Å². The van der Waals surface area contributed by atoms with Crippen molar-refractivity contribution in [2.75, 3.05) is 0 Å². The summed E-state index contributed by atoms with van der Waals surface area (Å²) in [5, 5.41) is 3.28. The fourth-order valence-electron chi connectivity index (χ4n) is 1.92. The summed E-state index contributed by atoms with van der Waals surface area (Å²) in [6.45, 7) is 0. The molecule has 0 atom stereocenters. The van der Waals surface area contributed by atoms with Crippen molar-refractivity contribution in [1.82, 2.24) is 4.98 Å². The maximum atomic E-state index is 6.14. The van der Waals surface area contributed by atoms with Crippen LogP contribution < -0.4 is 5.73 Å². The van der Waals surface area contributed by atoms with Gasteiger partial charge >= 0.3 is 0 Å². The smallest absolute Gasteiger partial charge is 0.113 e. The molecule has 1 aromatic heterocycles. The average Bonchev–Trinajstić information content (AvgIpc) is 2.94. The van der Waals surface area contributed by atoms with E-state index in [-0.39, 0.29) is 5.54 Å². The summed E-state index contributed by atoms with van der Waals surface area (Å²) < 4.78 is 0. The molecule has 2 nitrogen and oxygen atoms in total.